The molecule has 0 radical (unpaired) electrons. The molecule has 2 aliphatic rings. The molecule has 70 valence electrons. The highest BCUT2D eigenvalue weighted by Gasteiger charge is 2.32. The van der Waals surface area contributed by atoms with Crippen LogP contribution in [-0.2, 0) is 0 Å². The smallest absolute Gasteiger partial charge is 0.000936 e. The van der Waals surface area contributed by atoms with Gasteiger partial charge in [0.2, 0.25) is 0 Å². The lowest BCUT2D eigenvalue weighted by atomic mass is 9.71. The highest BCUT2D eigenvalue weighted by atomic mass is 15.1. The lowest BCUT2D eigenvalue weighted by Crippen LogP contribution is -2.40. The molecule has 1 saturated carbocycles. The molecule has 3 atom stereocenters. The first-order valence-electron chi connectivity index (χ1n) is 5.44. The summed E-state index contributed by atoms with van der Waals surface area (Å²) in [5, 5.41) is 0. The van der Waals surface area contributed by atoms with Gasteiger partial charge >= 0.3 is 0 Å². The van der Waals surface area contributed by atoms with Crippen molar-refractivity contribution in [3.05, 3.63) is 0 Å². The fourth-order valence-corrected chi connectivity index (χ4v) is 3.04. The summed E-state index contributed by atoms with van der Waals surface area (Å²) in [5.74, 6) is 3.11. The highest BCUT2D eigenvalue weighted by Crippen LogP contribution is 2.38. The first-order chi connectivity index (χ1) is 5.75. The number of nitrogens with zero attached hydrogens (tertiary/aromatic N) is 1. The number of hydrogen-bond donors (Lipinski definition) is 0. The Labute approximate surface area is 76.1 Å². The van der Waals surface area contributed by atoms with E-state index >= 15 is 0 Å². The van der Waals surface area contributed by atoms with Crippen LogP contribution in [0.3, 0.4) is 0 Å². The molecule has 1 saturated heterocycles. The third-order valence-electron chi connectivity index (χ3n) is 3.83. The quantitative estimate of drug-likeness (QED) is 0.535. The molecule has 0 aromatic carbocycles. The summed E-state index contributed by atoms with van der Waals surface area (Å²) in [5.41, 5.74) is 0. The van der Waals surface area contributed by atoms with E-state index in [1.54, 1.807) is 0 Å². The maximum Gasteiger partial charge on any atom is 0.000936 e. The average Bonchev–Trinajstić information content (AvgIpc) is 2.03. The van der Waals surface area contributed by atoms with Crippen LogP contribution in [0, 0.1) is 17.8 Å². The van der Waals surface area contributed by atoms with E-state index in [0.29, 0.717) is 0 Å². The Morgan fingerprint density at radius 3 is 2.75 bits per heavy atom. The van der Waals surface area contributed by atoms with Gasteiger partial charge in [-0.15, -0.1) is 0 Å². The molecule has 0 aromatic heterocycles. The van der Waals surface area contributed by atoms with E-state index in [2.05, 4.69) is 18.9 Å². The zero-order chi connectivity index (χ0) is 8.55. The summed E-state index contributed by atoms with van der Waals surface area (Å²) in [6.45, 7) is 5.13. The van der Waals surface area contributed by atoms with Crippen LogP contribution in [0.4, 0.5) is 0 Å². The second kappa shape index (κ2) is 3.37. The second-order valence-corrected chi connectivity index (χ2v) is 4.99. The predicted molar refractivity (Wildman–Crippen MR) is 52.1 cm³/mol. The SMILES string of the molecule is CC1CCC2CCN(C)CC2C1. The van der Waals surface area contributed by atoms with E-state index in [4.69, 9.17) is 0 Å². The van der Waals surface area contributed by atoms with Crippen LogP contribution in [0.2, 0.25) is 0 Å². The molecular formula is C11H21N. The van der Waals surface area contributed by atoms with E-state index in [9.17, 15) is 0 Å². The van der Waals surface area contributed by atoms with Gasteiger partial charge in [0.05, 0.1) is 0 Å². The molecule has 3 unspecified atom stereocenters. The maximum absolute atomic E-state index is 2.51. The zero-order valence-electron chi connectivity index (χ0n) is 8.42. The van der Waals surface area contributed by atoms with Crippen LogP contribution in [0.1, 0.15) is 32.6 Å². The molecule has 0 spiro atoms. The van der Waals surface area contributed by atoms with Crippen LogP contribution >= 0.6 is 0 Å². The lowest BCUT2D eigenvalue weighted by Gasteiger charge is -2.41. The average molecular weight is 167 g/mol. The molecule has 2 rings (SSSR count). The van der Waals surface area contributed by atoms with Gasteiger partial charge in [0.1, 0.15) is 0 Å². The van der Waals surface area contributed by atoms with Crippen molar-refractivity contribution >= 4 is 0 Å². The molecule has 1 heteroatoms. The second-order valence-electron chi connectivity index (χ2n) is 4.99. The van der Waals surface area contributed by atoms with Crippen molar-refractivity contribution in [1.29, 1.82) is 0 Å². The summed E-state index contributed by atoms with van der Waals surface area (Å²) in [7, 11) is 2.27. The minimum Gasteiger partial charge on any atom is -0.306 e. The Morgan fingerprint density at radius 1 is 1.08 bits per heavy atom. The summed E-state index contributed by atoms with van der Waals surface area (Å²) >= 11 is 0. The molecule has 1 aliphatic carbocycles. The Balaban J connectivity index is 1.94. The third kappa shape index (κ3) is 1.66. The molecular weight excluding hydrogens is 146 g/mol. The van der Waals surface area contributed by atoms with Crippen molar-refractivity contribution in [2.75, 3.05) is 20.1 Å². The minimum atomic E-state index is 0.998. The lowest BCUT2D eigenvalue weighted by molar-refractivity contribution is 0.0838. The molecule has 0 N–H and O–H groups in total. The third-order valence-corrected chi connectivity index (χ3v) is 3.83. The Hall–Kier alpha value is -0.0400. The molecule has 1 heterocycles. The van der Waals surface area contributed by atoms with E-state index < -0.39 is 0 Å². The van der Waals surface area contributed by atoms with Crippen LogP contribution in [0.25, 0.3) is 0 Å². The van der Waals surface area contributed by atoms with Crippen molar-refractivity contribution in [2.45, 2.75) is 32.6 Å². The van der Waals surface area contributed by atoms with Crippen molar-refractivity contribution in [2.24, 2.45) is 17.8 Å². The summed E-state index contributed by atoms with van der Waals surface area (Å²) in [6.07, 6.45) is 5.97. The van der Waals surface area contributed by atoms with Gasteiger partial charge in [0.15, 0.2) is 0 Å². The summed E-state index contributed by atoms with van der Waals surface area (Å²) in [6, 6.07) is 0. The van der Waals surface area contributed by atoms with Gasteiger partial charge in [-0.1, -0.05) is 13.3 Å². The number of likely N-dealkylation sites (tertiary alicyclic amines) is 1. The molecule has 1 nitrogen and oxygen atoms in total. The first kappa shape index (κ1) is 8.55. The van der Waals surface area contributed by atoms with Crippen LogP contribution in [0.15, 0.2) is 0 Å². The number of piperidine rings is 1. The Bertz CT molecular complexity index is 139. The van der Waals surface area contributed by atoms with Crippen molar-refractivity contribution in [1.82, 2.24) is 4.90 Å². The normalized spacial score (nSPS) is 44.0. The van der Waals surface area contributed by atoms with Gasteiger partial charge < -0.3 is 4.90 Å². The first-order valence-corrected chi connectivity index (χ1v) is 5.44. The van der Waals surface area contributed by atoms with Crippen molar-refractivity contribution < 1.29 is 0 Å². The predicted octanol–water partition coefficient (Wildman–Crippen LogP) is 2.37. The molecule has 0 bridgehead atoms. The van der Waals surface area contributed by atoms with E-state index in [1.807, 2.05) is 0 Å². The van der Waals surface area contributed by atoms with Gasteiger partial charge in [-0.3, -0.25) is 0 Å². The fraction of sp³-hybridized carbons (Fsp3) is 1.00. The van der Waals surface area contributed by atoms with E-state index in [-0.39, 0.29) is 0 Å². The molecule has 0 amide bonds. The summed E-state index contributed by atoms with van der Waals surface area (Å²) in [4.78, 5) is 2.51. The highest BCUT2D eigenvalue weighted by molar-refractivity contribution is 4.84. The number of fused-ring (bicyclic) bond motifs is 1. The Morgan fingerprint density at radius 2 is 1.92 bits per heavy atom. The van der Waals surface area contributed by atoms with E-state index in [0.717, 1.165) is 17.8 Å². The summed E-state index contributed by atoms with van der Waals surface area (Å²) < 4.78 is 0. The number of hydrogen-bond acceptors (Lipinski definition) is 1. The van der Waals surface area contributed by atoms with Gasteiger partial charge in [0.25, 0.3) is 0 Å². The number of rotatable bonds is 0. The van der Waals surface area contributed by atoms with Gasteiger partial charge in [-0.05, 0) is 50.6 Å². The minimum absolute atomic E-state index is 0.998. The topological polar surface area (TPSA) is 3.24 Å². The Kier molecular flexibility index (Phi) is 2.40. The van der Waals surface area contributed by atoms with E-state index in [1.165, 1.54) is 38.8 Å². The van der Waals surface area contributed by atoms with Gasteiger partial charge in [-0.2, -0.15) is 0 Å². The fourth-order valence-electron chi connectivity index (χ4n) is 3.04. The van der Waals surface area contributed by atoms with Gasteiger partial charge in [-0.25, -0.2) is 0 Å². The monoisotopic (exact) mass is 167 g/mol. The molecule has 12 heavy (non-hydrogen) atoms. The molecule has 0 aromatic rings. The van der Waals surface area contributed by atoms with Gasteiger partial charge in [0, 0.05) is 6.54 Å². The van der Waals surface area contributed by atoms with Crippen molar-refractivity contribution in [3.8, 4) is 0 Å². The zero-order valence-corrected chi connectivity index (χ0v) is 8.42. The molecule has 1 aliphatic heterocycles. The van der Waals surface area contributed by atoms with Crippen LogP contribution < -0.4 is 0 Å². The van der Waals surface area contributed by atoms with Crippen LogP contribution in [0.5, 0.6) is 0 Å². The molecule has 2 fully saturated rings. The van der Waals surface area contributed by atoms with Crippen molar-refractivity contribution in [3.63, 3.8) is 0 Å². The van der Waals surface area contributed by atoms with Crippen LogP contribution in [-0.4, -0.2) is 25.0 Å². The maximum atomic E-state index is 2.51. The largest absolute Gasteiger partial charge is 0.306 e. The standard InChI is InChI=1S/C11H21N/c1-9-3-4-10-5-6-12(2)8-11(10)7-9/h9-11H,3-8H2,1-2H3.